The molecule has 1 unspecified atom stereocenters. The van der Waals surface area contributed by atoms with Crippen molar-refractivity contribution in [1.82, 2.24) is 24.2 Å². The van der Waals surface area contributed by atoms with E-state index >= 15 is 0 Å². The third-order valence-corrected chi connectivity index (χ3v) is 7.54. The fraction of sp³-hybridized carbons (Fsp3) is 0.500. The van der Waals surface area contributed by atoms with E-state index in [4.69, 9.17) is 4.98 Å². The summed E-state index contributed by atoms with van der Waals surface area (Å²) >= 11 is 1.50. The molecule has 4 heterocycles. The number of nitrogens with zero attached hydrogens (tertiary/aromatic N) is 5. The molecule has 1 aromatic rings. The summed E-state index contributed by atoms with van der Waals surface area (Å²) in [6.07, 6.45) is 7.42. The maximum atomic E-state index is 13.3. The van der Waals surface area contributed by atoms with E-state index in [1.165, 1.54) is 22.9 Å². The molecular formula is C24H29N5O2S. The van der Waals surface area contributed by atoms with Gasteiger partial charge in [-0.05, 0) is 57.6 Å². The summed E-state index contributed by atoms with van der Waals surface area (Å²) in [6.45, 7) is 4.49. The van der Waals surface area contributed by atoms with Crippen LogP contribution in [0.4, 0.5) is 0 Å². The summed E-state index contributed by atoms with van der Waals surface area (Å²) in [7, 11) is 0. The van der Waals surface area contributed by atoms with Crippen molar-refractivity contribution in [3.05, 3.63) is 46.4 Å². The van der Waals surface area contributed by atoms with Gasteiger partial charge in [0.15, 0.2) is 11.0 Å². The van der Waals surface area contributed by atoms with E-state index in [1.807, 2.05) is 42.2 Å². The van der Waals surface area contributed by atoms with Gasteiger partial charge >= 0.3 is 0 Å². The van der Waals surface area contributed by atoms with Crippen LogP contribution in [0.3, 0.4) is 0 Å². The minimum absolute atomic E-state index is 0.113. The fourth-order valence-corrected chi connectivity index (χ4v) is 5.80. The van der Waals surface area contributed by atoms with Gasteiger partial charge in [-0.15, -0.1) is 5.10 Å². The number of piperidine rings is 1. The van der Waals surface area contributed by atoms with Gasteiger partial charge < -0.3 is 9.47 Å². The molecule has 4 aliphatic heterocycles. The van der Waals surface area contributed by atoms with Crippen LogP contribution in [0.1, 0.15) is 51.1 Å². The van der Waals surface area contributed by atoms with Gasteiger partial charge in [0.1, 0.15) is 5.56 Å². The Morgan fingerprint density at radius 3 is 2.50 bits per heavy atom. The molecule has 0 N–H and O–H groups in total. The Labute approximate surface area is 192 Å². The highest BCUT2D eigenvalue weighted by Crippen LogP contribution is 2.32. The molecule has 0 aliphatic carbocycles. The zero-order valence-electron chi connectivity index (χ0n) is 18.5. The van der Waals surface area contributed by atoms with Gasteiger partial charge in [-0.2, -0.15) is 4.68 Å². The molecule has 0 aromatic heterocycles. The first-order chi connectivity index (χ1) is 15.6. The second kappa shape index (κ2) is 9.10. The minimum Gasteiger partial charge on any atom is -0.342 e. The van der Waals surface area contributed by atoms with Crippen molar-refractivity contribution >= 4 is 17.7 Å². The third kappa shape index (κ3) is 3.96. The largest absolute Gasteiger partial charge is 0.342 e. The average molecular weight is 452 g/mol. The summed E-state index contributed by atoms with van der Waals surface area (Å²) in [5.74, 6) is 0.658. The van der Waals surface area contributed by atoms with Gasteiger partial charge in [0.05, 0.1) is 10.9 Å². The Morgan fingerprint density at radius 2 is 1.72 bits per heavy atom. The lowest BCUT2D eigenvalue weighted by atomic mass is 10.1. The summed E-state index contributed by atoms with van der Waals surface area (Å²) in [4.78, 5) is 33.2. The van der Waals surface area contributed by atoms with Gasteiger partial charge in [0.2, 0.25) is 5.91 Å². The van der Waals surface area contributed by atoms with Crippen LogP contribution in [0.15, 0.2) is 40.3 Å². The second-order valence-corrected chi connectivity index (χ2v) is 10.0. The normalized spacial score (nSPS) is 17.7. The number of likely N-dealkylation sites (tertiary alicyclic amines) is 1. The molecule has 1 atom stereocenters. The number of fused-ring (bicyclic) bond motifs is 3. The molecule has 1 amide bonds. The van der Waals surface area contributed by atoms with Crippen LogP contribution in [0.5, 0.6) is 0 Å². The van der Waals surface area contributed by atoms with E-state index in [9.17, 15) is 9.59 Å². The maximum Gasteiger partial charge on any atom is 0.284 e. The third-order valence-electron chi connectivity index (χ3n) is 6.47. The molecule has 8 heteroatoms. The molecule has 4 aliphatic rings. The SMILES string of the molecule is CC(Sc1nc2nn(-c3ccccc3)c(=O)c-2c2n1CCCCC2)C(=O)N1CCCCC1. The standard InChI is InChI=1S/C24H29N5O2S/c1-17(22(30)27-14-8-4-9-15-27)32-24-25-21-20(19-13-7-3-10-16-28(19)24)23(31)29(26-21)18-11-5-2-6-12-18/h2,5-6,11-12,17H,3-4,7-10,13-16H2,1H3. The number of amides is 1. The first-order valence-corrected chi connectivity index (χ1v) is 12.5. The minimum atomic E-state index is -0.221. The van der Waals surface area contributed by atoms with E-state index in [1.54, 1.807) is 0 Å². The molecule has 0 radical (unpaired) electrons. The van der Waals surface area contributed by atoms with Gasteiger partial charge in [-0.3, -0.25) is 9.59 Å². The smallest absolute Gasteiger partial charge is 0.284 e. The van der Waals surface area contributed by atoms with E-state index in [0.29, 0.717) is 11.4 Å². The summed E-state index contributed by atoms with van der Waals surface area (Å²) in [6, 6.07) is 9.49. The van der Waals surface area contributed by atoms with E-state index in [2.05, 4.69) is 9.67 Å². The van der Waals surface area contributed by atoms with Crippen LogP contribution in [0, 0.1) is 0 Å². The van der Waals surface area contributed by atoms with Crippen molar-refractivity contribution in [1.29, 1.82) is 0 Å². The van der Waals surface area contributed by atoms with Crippen LogP contribution in [0.2, 0.25) is 0 Å². The van der Waals surface area contributed by atoms with Crippen LogP contribution >= 0.6 is 11.8 Å². The molecule has 1 aromatic carbocycles. The number of hydrogen-bond donors (Lipinski definition) is 0. The lowest BCUT2D eigenvalue weighted by molar-refractivity contribution is -0.131. The molecule has 32 heavy (non-hydrogen) atoms. The fourth-order valence-electron chi connectivity index (χ4n) is 4.77. The molecule has 1 fully saturated rings. The number of thioether (sulfide) groups is 1. The van der Waals surface area contributed by atoms with Gasteiger partial charge in [0, 0.05) is 25.3 Å². The van der Waals surface area contributed by atoms with Crippen LogP contribution in [-0.2, 0) is 17.8 Å². The number of carbonyl (C=O) groups is 1. The maximum absolute atomic E-state index is 13.3. The highest BCUT2D eigenvalue weighted by atomic mass is 32.2. The molecule has 0 bridgehead atoms. The van der Waals surface area contributed by atoms with Gasteiger partial charge in [0.25, 0.3) is 5.56 Å². The van der Waals surface area contributed by atoms with Crippen LogP contribution < -0.4 is 5.56 Å². The predicted molar refractivity (Wildman–Crippen MR) is 126 cm³/mol. The Bertz CT molecular complexity index is 1130. The molecular weight excluding hydrogens is 422 g/mol. The van der Waals surface area contributed by atoms with Crippen molar-refractivity contribution in [3.63, 3.8) is 0 Å². The Kier molecular flexibility index (Phi) is 6.04. The molecule has 0 spiro atoms. The van der Waals surface area contributed by atoms with Crippen molar-refractivity contribution in [3.8, 4) is 17.1 Å². The molecule has 168 valence electrons. The Morgan fingerprint density at radius 1 is 1.00 bits per heavy atom. The summed E-state index contributed by atoms with van der Waals surface area (Å²) in [5.41, 5.74) is 2.26. The highest BCUT2D eigenvalue weighted by Gasteiger charge is 2.30. The van der Waals surface area contributed by atoms with Crippen LogP contribution in [-0.4, -0.2) is 48.5 Å². The zero-order chi connectivity index (χ0) is 22.1. The van der Waals surface area contributed by atoms with E-state index in [-0.39, 0.29) is 16.7 Å². The number of hydrogen-bond acceptors (Lipinski definition) is 5. The van der Waals surface area contributed by atoms with Crippen molar-refractivity contribution in [2.24, 2.45) is 0 Å². The molecule has 5 rings (SSSR count). The van der Waals surface area contributed by atoms with Crippen LogP contribution in [0.25, 0.3) is 17.1 Å². The van der Waals surface area contributed by atoms with Crippen molar-refractivity contribution in [2.45, 2.75) is 68.8 Å². The van der Waals surface area contributed by atoms with Crippen molar-refractivity contribution < 1.29 is 4.79 Å². The summed E-state index contributed by atoms with van der Waals surface area (Å²) in [5, 5.41) is 5.17. The van der Waals surface area contributed by atoms with Gasteiger partial charge in [-0.1, -0.05) is 36.4 Å². The van der Waals surface area contributed by atoms with Gasteiger partial charge in [-0.25, -0.2) is 4.98 Å². The first kappa shape index (κ1) is 21.2. The topological polar surface area (TPSA) is 73.0 Å². The number of para-hydroxylation sites is 1. The number of carbonyl (C=O) groups excluding carboxylic acids is 1. The number of rotatable bonds is 4. The lowest BCUT2D eigenvalue weighted by Crippen LogP contribution is -2.40. The van der Waals surface area contributed by atoms with Crippen molar-refractivity contribution in [2.75, 3.05) is 13.1 Å². The Balaban J connectivity index is 1.55. The van der Waals surface area contributed by atoms with E-state index in [0.717, 1.165) is 74.7 Å². The number of aromatic nitrogens is 4. The lowest BCUT2D eigenvalue weighted by Gasteiger charge is -2.29. The molecule has 0 saturated carbocycles. The first-order valence-electron chi connectivity index (χ1n) is 11.7. The van der Waals surface area contributed by atoms with E-state index < -0.39 is 0 Å². The molecule has 1 saturated heterocycles. The zero-order valence-corrected chi connectivity index (χ0v) is 19.3. The quantitative estimate of drug-likeness (QED) is 0.446. The molecule has 7 nitrogen and oxygen atoms in total. The predicted octanol–water partition coefficient (Wildman–Crippen LogP) is 3.75. The monoisotopic (exact) mass is 451 g/mol. The second-order valence-electron chi connectivity index (χ2n) is 8.70. The summed E-state index contributed by atoms with van der Waals surface area (Å²) < 4.78 is 3.64. The highest BCUT2D eigenvalue weighted by molar-refractivity contribution is 8.00. The number of benzene rings is 1. The Hall–Kier alpha value is -2.61. The average Bonchev–Trinajstić information content (AvgIpc) is 2.99.